The lowest BCUT2D eigenvalue weighted by Crippen LogP contribution is -2.38. The van der Waals surface area contributed by atoms with Crippen LogP contribution in [0.2, 0.25) is 0 Å². The topological polar surface area (TPSA) is 133 Å². The fourth-order valence-electron chi connectivity index (χ4n) is 4.63. The monoisotopic (exact) mass is 505 g/mol. The number of hydrogen-bond donors (Lipinski definition) is 3. The molecule has 1 saturated carbocycles. The lowest BCUT2D eigenvalue weighted by atomic mass is 9.88. The molecule has 2 aromatic rings. The Balaban J connectivity index is 1.93. The average molecular weight is 506 g/mol. The number of para-hydroxylation sites is 1. The van der Waals surface area contributed by atoms with Gasteiger partial charge in [0.05, 0.1) is 18.5 Å². The van der Waals surface area contributed by atoms with E-state index in [-0.39, 0.29) is 12.1 Å². The molecule has 9 nitrogen and oxygen atoms in total. The van der Waals surface area contributed by atoms with E-state index in [0.29, 0.717) is 36.0 Å². The summed E-state index contributed by atoms with van der Waals surface area (Å²) in [7, 11) is -3.17. The molecular weight excluding hydrogens is 470 g/mol. The van der Waals surface area contributed by atoms with E-state index < -0.39 is 22.3 Å². The highest BCUT2D eigenvalue weighted by molar-refractivity contribution is 7.87. The van der Waals surface area contributed by atoms with Gasteiger partial charge in [-0.05, 0) is 48.9 Å². The van der Waals surface area contributed by atoms with E-state index in [4.69, 9.17) is 10.5 Å². The van der Waals surface area contributed by atoms with Crippen LogP contribution < -0.4 is 14.8 Å². The Kier molecular flexibility index (Phi) is 9.50. The molecule has 0 saturated heterocycles. The third-order valence-corrected chi connectivity index (χ3v) is 7.31. The molecule has 1 aliphatic rings. The van der Waals surface area contributed by atoms with Crippen molar-refractivity contribution in [1.29, 1.82) is 0 Å². The minimum atomic E-state index is -4.66. The Morgan fingerprint density at radius 1 is 1.14 bits per heavy atom. The van der Waals surface area contributed by atoms with Crippen LogP contribution in [0.4, 0.5) is 11.4 Å². The lowest BCUT2D eigenvalue weighted by Gasteiger charge is -2.32. The summed E-state index contributed by atoms with van der Waals surface area (Å²) in [4.78, 5) is 13.4. The number of ether oxygens (including phenoxy) is 1. The number of aliphatic carboxylic acids is 1. The van der Waals surface area contributed by atoms with Gasteiger partial charge in [0.1, 0.15) is 11.8 Å². The van der Waals surface area contributed by atoms with E-state index >= 15 is 0 Å². The van der Waals surface area contributed by atoms with Crippen LogP contribution in [0.5, 0.6) is 5.75 Å². The molecule has 192 valence electrons. The fraction of sp³-hybridized carbons (Fsp3) is 0.480. The van der Waals surface area contributed by atoms with Crippen LogP contribution in [-0.2, 0) is 21.6 Å². The van der Waals surface area contributed by atoms with Crippen LogP contribution in [0.3, 0.4) is 0 Å². The van der Waals surface area contributed by atoms with Crippen LogP contribution in [0.25, 0.3) is 0 Å². The Bertz CT molecular complexity index is 1090. The van der Waals surface area contributed by atoms with Crippen LogP contribution >= 0.6 is 0 Å². The molecule has 0 heterocycles. The molecule has 0 aliphatic heterocycles. The SMILES string of the molecule is COc1cccc(N(c2ccccc2CN(CCC(N)C(=O)O)CC2CCCCC2)S(=O)(=O)O)c1. The van der Waals surface area contributed by atoms with Gasteiger partial charge in [0, 0.05) is 25.7 Å². The summed E-state index contributed by atoms with van der Waals surface area (Å²) >= 11 is 0. The smallest absolute Gasteiger partial charge is 0.364 e. The van der Waals surface area contributed by atoms with Gasteiger partial charge in [-0.1, -0.05) is 43.5 Å². The van der Waals surface area contributed by atoms with Crippen molar-refractivity contribution in [1.82, 2.24) is 4.90 Å². The number of nitrogens with zero attached hydrogens (tertiary/aromatic N) is 2. The number of hydrogen-bond acceptors (Lipinski definition) is 6. The zero-order chi connectivity index (χ0) is 25.4. The quantitative estimate of drug-likeness (QED) is 0.371. The van der Waals surface area contributed by atoms with E-state index in [0.717, 1.165) is 23.7 Å². The number of benzene rings is 2. The molecule has 2 aromatic carbocycles. The highest BCUT2D eigenvalue weighted by Crippen LogP contribution is 2.34. The molecule has 0 spiro atoms. The molecule has 3 rings (SSSR count). The van der Waals surface area contributed by atoms with Gasteiger partial charge in [-0.2, -0.15) is 8.42 Å². The normalized spacial score (nSPS) is 15.7. The third-order valence-electron chi connectivity index (χ3n) is 6.44. The molecule has 35 heavy (non-hydrogen) atoms. The van der Waals surface area contributed by atoms with Gasteiger partial charge in [0.2, 0.25) is 0 Å². The summed E-state index contributed by atoms with van der Waals surface area (Å²) in [5.41, 5.74) is 7.02. The molecule has 10 heteroatoms. The van der Waals surface area contributed by atoms with Gasteiger partial charge in [0.15, 0.2) is 0 Å². The van der Waals surface area contributed by atoms with Gasteiger partial charge in [-0.25, -0.2) is 4.31 Å². The van der Waals surface area contributed by atoms with E-state index in [1.54, 1.807) is 30.3 Å². The summed E-state index contributed by atoms with van der Waals surface area (Å²) < 4.78 is 41.3. The third kappa shape index (κ3) is 7.66. The summed E-state index contributed by atoms with van der Waals surface area (Å²) in [5.74, 6) is -0.0955. The van der Waals surface area contributed by atoms with E-state index in [9.17, 15) is 22.9 Å². The lowest BCUT2D eigenvalue weighted by molar-refractivity contribution is -0.138. The second-order valence-corrected chi connectivity index (χ2v) is 10.3. The molecular formula is C25H35N3O6S. The van der Waals surface area contributed by atoms with Crippen molar-refractivity contribution in [2.24, 2.45) is 11.7 Å². The van der Waals surface area contributed by atoms with Crippen molar-refractivity contribution >= 4 is 27.6 Å². The van der Waals surface area contributed by atoms with E-state index in [1.807, 2.05) is 12.1 Å². The Hall–Kier alpha value is -2.66. The van der Waals surface area contributed by atoms with Gasteiger partial charge >= 0.3 is 16.3 Å². The Labute approximate surface area is 207 Å². The van der Waals surface area contributed by atoms with Crippen molar-refractivity contribution in [2.45, 2.75) is 51.1 Å². The summed E-state index contributed by atoms with van der Waals surface area (Å²) in [6.07, 6.45) is 6.09. The summed E-state index contributed by atoms with van der Waals surface area (Å²) in [6, 6.07) is 12.5. The summed E-state index contributed by atoms with van der Waals surface area (Å²) in [5, 5.41) is 9.23. The first kappa shape index (κ1) is 26.9. The van der Waals surface area contributed by atoms with Gasteiger partial charge in [-0.15, -0.1) is 0 Å². The number of carboxylic acid groups (broad SMARTS) is 1. The molecule has 1 atom stereocenters. The highest BCUT2D eigenvalue weighted by Gasteiger charge is 2.26. The maximum absolute atomic E-state index is 12.5. The van der Waals surface area contributed by atoms with Gasteiger partial charge in [0.25, 0.3) is 0 Å². The van der Waals surface area contributed by atoms with Crippen LogP contribution in [-0.4, -0.2) is 55.2 Å². The van der Waals surface area contributed by atoms with Crippen molar-refractivity contribution in [2.75, 3.05) is 24.5 Å². The standard InChI is InChI=1S/C25H35N3O6S/c1-34-22-12-7-11-21(16-22)28(35(31,32)33)24-13-6-5-10-20(24)18-27(15-14-23(26)25(29)30)17-19-8-3-2-4-9-19/h5-7,10-13,16,19,23H,2-4,8-9,14-15,17-18,26H2,1H3,(H,29,30)(H,31,32,33). The maximum Gasteiger partial charge on any atom is 0.364 e. The number of methoxy groups -OCH3 is 1. The van der Waals surface area contributed by atoms with Crippen LogP contribution in [0.1, 0.15) is 44.1 Å². The van der Waals surface area contributed by atoms with Crippen LogP contribution in [0, 0.1) is 5.92 Å². The molecule has 4 N–H and O–H groups in total. The molecule has 0 radical (unpaired) electrons. The fourth-order valence-corrected chi connectivity index (χ4v) is 5.44. The van der Waals surface area contributed by atoms with Gasteiger partial charge < -0.3 is 15.6 Å². The predicted octanol–water partition coefficient (Wildman–Crippen LogP) is 3.82. The summed E-state index contributed by atoms with van der Waals surface area (Å²) in [6.45, 7) is 1.62. The first-order valence-corrected chi connectivity index (χ1v) is 13.3. The molecule has 0 bridgehead atoms. The Morgan fingerprint density at radius 2 is 1.86 bits per heavy atom. The zero-order valence-corrected chi connectivity index (χ0v) is 20.9. The maximum atomic E-state index is 12.5. The molecule has 0 aromatic heterocycles. The minimum Gasteiger partial charge on any atom is -0.497 e. The van der Waals surface area contributed by atoms with E-state index in [1.165, 1.54) is 32.4 Å². The number of carbonyl (C=O) groups is 1. The van der Waals surface area contributed by atoms with Crippen molar-refractivity contribution < 1.29 is 27.6 Å². The number of nitrogens with two attached hydrogens (primary N) is 1. The highest BCUT2D eigenvalue weighted by atomic mass is 32.2. The second kappa shape index (κ2) is 12.3. The molecule has 1 aliphatic carbocycles. The first-order valence-electron chi connectivity index (χ1n) is 11.9. The van der Waals surface area contributed by atoms with Crippen molar-refractivity contribution in [3.8, 4) is 5.75 Å². The number of rotatable bonds is 12. The Morgan fingerprint density at radius 3 is 2.51 bits per heavy atom. The molecule has 1 fully saturated rings. The zero-order valence-electron chi connectivity index (χ0n) is 20.0. The molecule has 0 amide bonds. The second-order valence-electron chi connectivity index (χ2n) is 9.04. The first-order chi connectivity index (χ1) is 16.7. The van der Waals surface area contributed by atoms with Crippen LogP contribution in [0.15, 0.2) is 48.5 Å². The number of anilines is 2. The van der Waals surface area contributed by atoms with E-state index in [2.05, 4.69) is 4.90 Å². The van der Waals surface area contributed by atoms with Crippen molar-refractivity contribution in [3.05, 3.63) is 54.1 Å². The predicted molar refractivity (Wildman–Crippen MR) is 135 cm³/mol. The largest absolute Gasteiger partial charge is 0.497 e. The average Bonchev–Trinajstić information content (AvgIpc) is 2.83. The minimum absolute atomic E-state index is 0.242. The number of carboxylic acids is 1. The molecule has 1 unspecified atom stereocenters. The van der Waals surface area contributed by atoms with Crippen molar-refractivity contribution in [3.63, 3.8) is 0 Å². The van der Waals surface area contributed by atoms with Gasteiger partial charge in [-0.3, -0.25) is 14.2 Å².